The van der Waals surface area contributed by atoms with Crippen LogP contribution < -0.4 is 5.32 Å². The number of rotatable bonds is 1. The van der Waals surface area contributed by atoms with Crippen LogP contribution in [0.4, 0.5) is 10.5 Å². The molecule has 2 rings (SSSR count). The molecule has 1 aromatic heterocycles. The second-order valence-corrected chi connectivity index (χ2v) is 3.26. The van der Waals surface area contributed by atoms with Crippen molar-refractivity contribution in [1.82, 2.24) is 4.98 Å². The zero-order valence-corrected chi connectivity index (χ0v) is 8.19. The van der Waals surface area contributed by atoms with Crippen molar-refractivity contribution in [2.45, 2.75) is 6.92 Å². The number of para-hydroxylation sites is 1. The van der Waals surface area contributed by atoms with Crippen molar-refractivity contribution in [3.8, 4) is 0 Å². The van der Waals surface area contributed by atoms with E-state index in [0.29, 0.717) is 11.2 Å². The Bertz CT molecular complexity index is 523. The molecule has 0 saturated heterocycles. The predicted octanol–water partition coefficient (Wildman–Crippen LogP) is 2.63. The minimum atomic E-state index is -1.08. The molecule has 0 fully saturated rings. The number of aryl methyl sites for hydroxylation is 1. The van der Waals surface area contributed by atoms with Crippen LogP contribution in [0.5, 0.6) is 0 Å². The van der Waals surface area contributed by atoms with E-state index in [1.165, 1.54) is 0 Å². The summed E-state index contributed by atoms with van der Waals surface area (Å²) < 4.78 is 0. The Hall–Kier alpha value is -2.10. The Kier molecular flexibility index (Phi) is 2.25. The Morgan fingerprint density at radius 1 is 1.33 bits per heavy atom. The molecule has 1 aromatic carbocycles. The normalized spacial score (nSPS) is 10.2. The molecule has 15 heavy (non-hydrogen) atoms. The van der Waals surface area contributed by atoms with Crippen LogP contribution in [0, 0.1) is 6.92 Å². The summed E-state index contributed by atoms with van der Waals surface area (Å²) in [6.45, 7) is 1.87. The van der Waals surface area contributed by atoms with E-state index in [2.05, 4.69) is 10.3 Å². The number of amides is 1. The Morgan fingerprint density at radius 2 is 2.13 bits per heavy atom. The van der Waals surface area contributed by atoms with Gasteiger partial charge in [-0.25, -0.2) is 4.79 Å². The Balaban J connectivity index is 2.63. The van der Waals surface area contributed by atoms with Gasteiger partial charge < -0.3 is 5.11 Å². The minimum Gasteiger partial charge on any atom is -0.465 e. The van der Waals surface area contributed by atoms with Gasteiger partial charge in [-0.15, -0.1) is 0 Å². The Morgan fingerprint density at radius 3 is 2.87 bits per heavy atom. The highest BCUT2D eigenvalue weighted by atomic mass is 16.4. The molecule has 4 nitrogen and oxygen atoms in total. The first kappa shape index (κ1) is 9.45. The van der Waals surface area contributed by atoms with Gasteiger partial charge in [0.2, 0.25) is 0 Å². The van der Waals surface area contributed by atoms with Gasteiger partial charge in [0.15, 0.2) is 0 Å². The number of pyridine rings is 1. The first-order valence-corrected chi connectivity index (χ1v) is 4.53. The number of aromatic nitrogens is 1. The molecule has 0 aliphatic rings. The number of nitrogens with one attached hydrogen (secondary N) is 1. The van der Waals surface area contributed by atoms with Gasteiger partial charge in [-0.2, -0.15) is 0 Å². The van der Waals surface area contributed by atoms with Gasteiger partial charge in [0.25, 0.3) is 0 Å². The van der Waals surface area contributed by atoms with E-state index in [0.717, 1.165) is 11.1 Å². The Labute approximate surface area is 86.6 Å². The maximum atomic E-state index is 10.6. The summed E-state index contributed by atoms with van der Waals surface area (Å²) in [5.74, 6) is 0. The molecule has 2 N–H and O–H groups in total. The zero-order valence-electron chi connectivity index (χ0n) is 8.19. The first-order chi connectivity index (χ1) is 7.16. The van der Waals surface area contributed by atoms with Crippen LogP contribution in [-0.4, -0.2) is 16.2 Å². The number of carbonyl (C=O) groups is 1. The molecule has 1 amide bonds. The summed E-state index contributed by atoms with van der Waals surface area (Å²) >= 11 is 0. The highest BCUT2D eigenvalue weighted by Gasteiger charge is 2.04. The molecule has 0 unspecified atom stereocenters. The summed E-state index contributed by atoms with van der Waals surface area (Å²) in [5, 5.41) is 11.9. The van der Waals surface area contributed by atoms with Crippen molar-refractivity contribution >= 4 is 22.7 Å². The van der Waals surface area contributed by atoms with E-state index in [1.54, 1.807) is 12.1 Å². The van der Waals surface area contributed by atoms with Gasteiger partial charge >= 0.3 is 6.09 Å². The highest BCUT2D eigenvalue weighted by molar-refractivity contribution is 5.97. The summed E-state index contributed by atoms with van der Waals surface area (Å²) in [6.07, 6.45) is -1.08. The van der Waals surface area contributed by atoms with Crippen molar-refractivity contribution in [3.63, 3.8) is 0 Å². The lowest BCUT2D eigenvalue weighted by atomic mass is 10.2. The van der Waals surface area contributed by atoms with Crippen molar-refractivity contribution in [2.75, 3.05) is 5.32 Å². The quantitative estimate of drug-likeness (QED) is 0.747. The predicted molar refractivity (Wildman–Crippen MR) is 58.1 cm³/mol. The van der Waals surface area contributed by atoms with Crippen LogP contribution in [0.2, 0.25) is 0 Å². The fraction of sp³-hybridized carbons (Fsp3) is 0.0909. The maximum Gasteiger partial charge on any atom is 0.409 e. The molecular weight excluding hydrogens is 192 g/mol. The molecule has 76 valence electrons. The molecule has 2 aromatic rings. The van der Waals surface area contributed by atoms with Gasteiger partial charge in [0, 0.05) is 11.1 Å². The van der Waals surface area contributed by atoms with Gasteiger partial charge in [-0.1, -0.05) is 18.2 Å². The summed E-state index contributed by atoms with van der Waals surface area (Å²) in [7, 11) is 0. The van der Waals surface area contributed by atoms with Gasteiger partial charge in [-0.05, 0) is 19.1 Å². The number of nitrogens with zero attached hydrogens (tertiary/aromatic N) is 1. The third-order valence-electron chi connectivity index (χ3n) is 2.10. The van der Waals surface area contributed by atoms with Crippen LogP contribution in [0.3, 0.4) is 0 Å². The molecule has 0 atom stereocenters. The lowest BCUT2D eigenvalue weighted by Gasteiger charge is -2.05. The van der Waals surface area contributed by atoms with E-state index >= 15 is 0 Å². The smallest absolute Gasteiger partial charge is 0.409 e. The largest absolute Gasteiger partial charge is 0.465 e. The van der Waals surface area contributed by atoms with Crippen LogP contribution >= 0.6 is 0 Å². The van der Waals surface area contributed by atoms with Crippen LogP contribution in [0.25, 0.3) is 10.9 Å². The summed E-state index contributed by atoms with van der Waals surface area (Å²) in [5.41, 5.74) is 2.06. The fourth-order valence-electron chi connectivity index (χ4n) is 1.46. The van der Waals surface area contributed by atoms with E-state index in [-0.39, 0.29) is 0 Å². The average molecular weight is 202 g/mol. The van der Waals surface area contributed by atoms with Crippen molar-refractivity contribution in [2.24, 2.45) is 0 Å². The minimum absolute atomic E-state index is 0.517. The molecule has 1 heterocycles. The summed E-state index contributed by atoms with van der Waals surface area (Å²) in [6, 6.07) is 9.21. The summed E-state index contributed by atoms with van der Waals surface area (Å²) in [4.78, 5) is 14.9. The third kappa shape index (κ3) is 1.88. The van der Waals surface area contributed by atoms with Crippen molar-refractivity contribution < 1.29 is 9.90 Å². The second kappa shape index (κ2) is 3.57. The molecule has 0 aliphatic heterocycles. The van der Waals surface area contributed by atoms with Crippen LogP contribution in [-0.2, 0) is 0 Å². The topological polar surface area (TPSA) is 62.2 Å². The van der Waals surface area contributed by atoms with Gasteiger partial charge in [-0.3, -0.25) is 10.3 Å². The zero-order chi connectivity index (χ0) is 10.8. The number of benzene rings is 1. The number of hydrogen-bond acceptors (Lipinski definition) is 2. The van der Waals surface area contributed by atoms with Crippen molar-refractivity contribution in [3.05, 3.63) is 36.0 Å². The van der Waals surface area contributed by atoms with E-state index in [4.69, 9.17) is 5.11 Å². The first-order valence-electron chi connectivity index (χ1n) is 4.53. The highest BCUT2D eigenvalue weighted by Crippen LogP contribution is 2.21. The lowest BCUT2D eigenvalue weighted by molar-refractivity contribution is 0.210. The second-order valence-electron chi connectivity index (χ2n) is 3.26. The number of hydrogen-bond donors (Lipinski definition) is 2. The SMILES string of the molecule is Cc1ccc2cccc(NC(=O)O)c2n1. The molecule has 0 radical (unpaired) electrons. The molecular formula is C11H10N2O2. The van der Waals surface area contributed by atoms with Gasteiger partial charge in [0.1, 0.15) is 0 Å². The third-order valence-corrected chi connectivity index (χ3v) is 2.10. The molecule has 0 saturated carbocycles. The number of anilines is 1. The van der Waals surface area contributed by atoms with E-state index in [1.807, 2.05) is 25.1 Å². The van der Waals surface area contributed by atoms with E-state index < -0.39 is 6.09 Å². The van der Waals surface area contributed by atoms with Crippen LogP contribution in [0.1, 0.15) is 5.69 Å². The molecule has 0 spiro atoms. The molecule has 4 heteroatoms. The maximum absolute atomic E-state index is 10.6. The van der Waals surface area contributed by atoms with Crippen LogP contribution in [0.15, 0.2) is 30.3 Å². The van der Waals surface area contributed by atoms with Crippen molar-refractivity contribution in [1.29, 1.82) is 0 Å². The fourth-order valence-corrected chi connectivity index (χ4v) is 1.46. The molecule has 0 aliphatic carbocycles. The lowest BCUT2D eigenvalue weighted by Crippen LogP contribution is -2.07. The van der Waals surface area contributed by atoms with E-state index in [9.17, 15) is 4.79 Å². The number of fused-ring (bicyclic) bond motifs is 1. The monoisotopic (exact) mass is 202 g/mol. The molecule has 0 bridgehead atoms. The average Bonchev–Trinajstić information content (AvgIpc) is 2.18. The number of carboxylic acid groups (broad SMARTS) is 1. The van der Waals surface area contributed by atoms with Gasteiger partial charge in [0.05, 0.1) is 11.2 Å². The standard InChI is InChI=1S/C11H10N2O2/c1-7-5-6-8-3-2-4-9(10(8)12-7)13-11(14)15/h2-6,13H,1H3,(H,14,15).